The van der Waals surface area contributed by atoms with E-state index in [4.69, 9.17) is 0 Å². The molecule has 0 saturated carbocycles. The van der Waals surface area contributed by atoms with Gasteiger partial charge >= 0.3 is 0 Å². The molecule has 1 amide bonds. The topological polar surface area (TPSA) is 62.2 Å². The van der Waals surface area contributed by atoms with Crippen LogP contribution in [0.3, 0.4) is 0 Å². The average Bonchev–Trinajstić information content (AvgIpc) is 2.88. The highest BCUT2D eigenvalue weighted by Crippen LogP contribution is 2.23. The number of thiazole rings is 1. The largest absolute Gasteiger partial charge is 0.389 e. The van der Waals surface area contributed by atoms with Crippen molar-refractivity contribution in [2.45, 2.75) is 26.4 Å². The molecule has 0 radical (unpaired) electrons. The van der Waals surface area contributed by atoms with Crippen molar-refractivity contribution in [1.82, 2.24) is 4.98 Å². The Morgan fingerprint density at radius 1 is 1.47 bits per heavy atom. The molecule has 19 heavy (non-hydrogen) atoms. The fourth-order valence-electron chi connectivity index (χ4n) is 1.74. The van der Waals surface area contributed by atoms with Gasteiger partial charge in [-0.3, -0.25) is 4.79 Å². The van der Waals surface area contributed by atoms with E-state index in [-0.39, 0.29) is 5.91 Å². The minimum Gasteiger partial charge on any atom is -0.389 e. The minimum atomic E-state index is -0.621. The SMILES string of the molecule is CCc1ncc(C(=O)Nc2ccccc2[C@H](C)O)s1. The van der Waals surface area contributed by atoms with Crippen molar-refractivity contribution in [1.29, 1.82) is 0 Å². The number of aliphatic hydroxyl groups excluding tert-OH is 1. The Kier molecular flexibility index (Phi) is 4.29. The molecule has 1 aromatic carbocycles. The molecule has 0 fully saturated rings. The van der Waals surface area contributed by atoms with E-state index in [1.54, 1.807) is 25.3 Å². The lowest BCUT2D eigenvalue weighted by Gasteiger charge is -2.12. The van der Waals surface area contributed by atoms with Gasteiger partial charge in [0.1, 0.15) is 4.88 Å². The van der Waals surface area contributed by atoms with E-state index in [2.05, 4.69) is 10.3 Å². The molecule has 1 atom stereocenters. The van der Waals surface area contributed by atoms with Crippen LogP contribution < -0.4 is 5.32 Å². The Bertz CT molecular complexity index is 578. The van der Waals surface area contributed by atoms with Crippen molar-refractivity contribution in [2.75, 3.05) is 5.32 Å². The third-order valence-corrected chi connectivity index (χ3v) is 3.88. The molecule has 2 aromatic rings. The molecule has 0 bridgehead atoms. The number of benzene rings is 1. The Labute approximate surface area is 116 Å². The van der Waals surface area contributed by atoms with Gasteiger partial charge in [0.2, 0.25) is 0 Å². The lowest BCUT2D eigenvalue weighted by molar-refractivity contribution is 0.103. The highest BCUT2D eigenvalue weighted by Gasteiger charge is 2.13. The molecule has 5 heteroatoms. The number of nitrogens with one attached hydrogen (secondary N) is 1. The number of hydrogen-bond donors (Lipinski definition) is 2. The molecule has 2 rings (SSSR count). The van der Waals surface area contributed by atoms with Gasteiger partial charge in [0, 0.05) is 11.3 Å². The van der Waals surface area contributed by atoms with E-state index in [1.807, 2.05) is 19.1 Å². The number of carbonyl (C=O) groups is 1. The maximum Gasteiger partial charge on any atom is 0.267 e. The van der Waals surface area contributed by atoms with E-state index in [9.17, 15) is 9.90 Å². The second kappa shape index (κ2) is 5.95. The van der Waals surface area contributed by atoms with Crippen molar-refractivity contribution >= 4 is 22.9 Å². The van der Waals surface area contributed by atoms with Gasteiger partial charge in [-0.15, -0.1) is 11.3 Å². The molecule has 1 aromatic heterocycles. The van der Waals surface area contributed by atoms with Crippen LogP contribution in [-0.4, -0.2) is 16.0 Å². The van der Waals surface area contributed by atoms with Crippen LogP contribution in [0.15, 0.2) is 30.5 Å². The molecule has 0 aliphatic rings. The quantitative estimate of drug-likeness (QED) is 0.902. The van der Waals surface area contributed by atoms with Crippen LogP contribution in [0.4, 0.5) is 5.69 Å². The summed E-state index contributed by atoms with van der Waals surface area (Å²) in [7, 11) is 0. The lowest BCUT2D eigenvalue weighted by atomic mass is 10.1. The van der Waals surface area contributed by atoms with Gasteiger partial charge in [0.25, 0.3) is 5.91 Å². The maximum absolute atomic E-state index is 12.1. The average molecular weight is 276 g/mol. The van der Waals surface area contributed by atoms with Crippen molar-refractivity contribution in [2.24, 2.45) is 0 Å². The van der Waals surface area contributed by atoms with E-state index in [0.717, 1.165) is 11.4 Å². The Morgan fingerprint density at radius 3 is 2.84 bits per heavy atom. The van der Waals surface area contributed by atoms with Gasteiger partial charge in [-0.05, 0) is 19.4 Å². The molecule has 1 heterocycles. The molecule has 0 unspecified atom stereocenters. The predicted octanol–water partition coefficient (Wildman–Crippen LogP) is 3.01. The number of rotatable bonds is 4. The Hall–Kier alpha value is -1.72. The zero-order valence-electron chi connectivity index (χ0n) is 10.9. The molecule has 0 spiro atoms. The first kappa shape index (κ1) is 13.7. The van der Waals surface area contributed by atoms with Gasteiger partial charge < -0.3 is 10.4 Å². The van der Waals surface area contributed by atoms with Gasteiger partial charge in [-0.25, -0.2) is 4.98 Å². The van der Waals surface area contributed by atoms with Crippen LogP contribution >= 0.6 is 11.3 Å². The zero-order valence-corrected chi connectivity index (χ0v) is 11.7. The summed E-state index contributed by atoms with van der Waals surface area (Å²) < 4.78 is 0. The lowest BCUT2D eigenvalue weighted by Crippen LogP contribution is -2.12. The first-order chi connectivity index (χ1) is 9.11. The van der Waals surface area contributed by atoms with Crippen LogP contribution in [0, 0.1) is 0 Å². The smallest absolute Gasteiger partial charge is 0.267 e. The monoisotopic (exact) mass is 276 g/mol. The van der Waals surface area contributed by atoms with Crippen LogP contribution in [0.2, 0.25) is 0 Å². The van der Waals surface area contributed by atoms with E-state index < -0.39 is 6.10 Å². The second-order valence-electron chi connectivity index (χ2n) is 4.19. The summed E-state index contributed by atoms with van der Waals surface area (Å²) in [6.07, 6.45) is 1.79. The van der Waals surface area contributed by atoms with Crippen LogP contribution in [0.1, 0.15) is 40.2 Å². The first-order valence-corrected chi connectivity index (χ1v) is 6.96. The molecule has 100 valence electrons. The summed E-state index contributed by atoms with van der Waals surface area (Å²) in [6.45, 7) is 3.68. The summed E-state index contributed by atoms with van der Waals surface area (Å²) in [6, 6.07) is 7.23. The number of aromatic nitrogens is 1. The van der Waals surface area contributed by atoms with Crippen molar-refractivity contribution < 1.29 is 9.90 Å². The normalized spacial score (nSPS) is 12.2. The van der Waals surface area contributed by atoms with Crippen molar-refractivity contribution in [3.8, 4) is 0 Å². The summed E-state index contributed by atoms with van der Waals surface area (Å²) in [5, 5.41) is 13.4. The standard InChI is InChI=1S/C14H16N2O2S/c1-3-13-15-8-12(19-13)14(18)16-11-7-5-4-6-10(11)9(2)17/h4-9,17H,3H2,1-2H3,(H,16,18)/t9-/m0/s1. The van der Waals surface area contributed by atoms with E-state index in [0.29, 0.717) is 16.1 Å². The molecule has 0 aliphatic carbocycles. The van der Waals surface area contributed by atoms with Crippen LogP contribution in [0.5, 0.6) is 0 Å². The number of hydrogen-bond acceptors (Lipinski definition) is 4. The van der Waals surface area contributed by atoms with Gasteiger partial charge in [0.15, 0.2) is 0 Å². The van der Waals surface area contributed by atoms with Crippen molar-refractivity contribution in [3.05, 3.63) is 45.9 Å². The highest BCUT2D eigenvalue weighted by atomic mass is 32.1. The second-order valence-corrected chi connectivity index (χ2v) is 5.30. The fraction of sp³-hybridized carbons (Fsp3) is 0.286. The highest BCUT2D eigenvalue weighted by molar-refractivity contribution is 7.13. The fourth-order valence-corrected chi connectivity index (χ4v) is 2.49. The van der Waals surface area contributed by atoms with Gasteiger partial charge in [0.05, 0.1) is 17.3 Å². The predicted molar refractivity (Wildman–Crippen MR) is 76.5 cm³/mol. The minimum absolute atomic E-state index is 0.190. The summed E-state index contributed by atoms with van der Waals surface area (Å²) in [5.74, 6) is -0.190. The van der Waals surface area contributed by atoms with Gasteiger partial charge in [-0.2, -0.15) is 0 Å². The van der Waals surface area contributed by atoms with E-state index >= 15 is 0 Å². The maximum atomic E-state index is 12.1. The summed E-state index contributed by atoms with van der Waals surface area (Å²) in [5.41, 5.74) is 1.34. The van der Waals surface area contributed by atoms with Crippen molar-refractivity contribution in [3.63, 3.8) is 0 Å². The number of anilines is 1. The summed E-state index contributed by atoms with van der Waals surface area (Å²) in [4.78, 5) is 16.8. The first-order valence-electron chi connectivity index (χ1n) is 6.15. The summed E-state index contributed by atoms with van der Waals surface area (Å²) >= 11 is 1.39. The number of nitrogens with zero attached hydrogens (tertiary/aromatic N) is 1. The Balaban J connectivity index is 2.19. The van der Waals surface area contributed by atoms with Crippen LogP contribution in [-0.2, 0) is 6.42 Å². The molecular weight excluding hydrogens is 260 g/mol. The molecule has 0 aliphatic heterocycles. The third kappa shape index (κ3) is 3.19. The number of carbonyl (C=O) groups excluding carboxylic acids is 1. The number of aliphatic hydroxyl groups is 1. The zero-order chi connectivity index (χ0) is 13.8. The molecule has 4 nitrogen and oxygen atoms in total. The molecule has 2 N–H and O–H groups in total. The Morgan fingerprint density at radius 2 is 2.21 bits per heavy atom. The van der Waals surface area contributed by atoms with E-state index in [1.165, 1.54) is 11.3 Å². The number of para-hydroxylation sites is 1. The van der Waals surface area contributed by atoms with Gasteiger partial charge in [-0.1, -0.05) is 25.1 Å². The molecular formula is C14H16N2O2S. The van der Waals surface area contributed by atoms with Crippen LogP contribution in [0.25, 0.3) is 0 Å². The number of amides is 1. The molecule has 0 saturated heterocycles. The number of aryl methyl sites for hydroxylation is 1. The third-order valence-electron chi connectivity index (χ3n) is 2.74.